The van der Waals surface area contributed by atoms with E-state index in [1.165, 1.54) is 31.4 Å². The van der Waals surface area contributed by atoms with E-state index in [1.807, 2.05) is 0 Å². The lowest BCUT2D eigenvalue weighted by Gasteiger charge is -2.08. The number of nitrogens with zero attached hydrogens (tertiary/aromatic N) is 1. The Kier molecular flexibility index (Phi) is 4.57. The largest absolute Gasteiger partial charge is 0.519 e. The molecule has 0 saturated heterocycles. The van der Waals surface area contributed by atoms with Crippen LogP contribution in [0.3, 0.4) is 0 Å². The summed E-state index contributed by atoms with van der Waals surface area (Å²) >= 11 is 0. The summed E-state index contributed by atoms with van der Waals surface area (Å²) in [5, 5.41) is 10.6. The van der Waals surface area contributed by atoms with Gasteiger partial charge in [-0.1, -0.05) is 6.07 Å². The van der Waals surface area contributed by atoms with Crippen LogP contribution in [-0.2, 0) is 0 Å². The summed E-state index contributed by atoms with van der Waals surface area (Å²) in [6.45, 7) is 1.60. The predicted octanol–water partition coefficient (Wildman–Crippen LogP) is 3.49. The summed E-state index contributed by atoms with van der Waals surface area (Å²) in [7, 11) is 1.50. The molecule has 0 fully saturated rings. The number of methoxy groups -OCH3 is 1. The first kappa shape index (κ1) is 15.3. The molecule has 7 nitrogen and oxygen atoms in total. The SMILES string of the molecule is COc1cccc(OC(=O)Oc2ccc([N+](=O)[O-])cc2C)c1. The molecule has 0 aliphatic heterocycles. The van der Waals surface area contributed by atoms with E-state index in [2.05, 4.69) is 0 Å². The minimum atomic E-state index is -0.940. The highest BCUT2D eigenvalue weighted by Gasteiger charge is 2.13. The number of hydrogen-bond acceptors (Lipinski definition) is 6. The van der Waals surface area contributed by atoms with E-state index >= 15 is 0 Å². The summed E-state index contributed by atoms with van der Waals surface area (Å²) in [4.78, 5) is 21.9. The van der Waals surface area contributed by atoms with Crippen LogP contribution in [0.2, 0.25) is 0 Å². The minimum Gasteiger partial charge on any atom is -0.497 e. The molecule has 2 aromatic rings. The zero-order valence-corrected chi connectivity index (χ0v) is 11.9. The molecule has 0 N–H and O–H groups in total. The lowest BCUT2D eigenvalue weighted by atomic mass is 10.2. The van der Waals surface area contributed by atoms with E-state index < -0.39 is 11.1 Å². The van der Waals surface area contributed by atoms with Gasteiger partial charge in [-0.25, -0.2) is 4.79 Å². The summed E-state index contributed by atoms with van der Waals surface area (Å²) in [6, 6.07) is 10.4. The third kappa shape index (κ3) is 3.72. The quantitative estimate of drug-likeness (QED) is 0.372. The Morgan fingerprint density at radius 3 is 2.45 bits per heavy atom. The monoisotopic (exact) mass is 303 g/mol. The van der Waals surface area contributed by atoms with Crippen molar-refractivity contribution >= 4 is 11.8 Å². The van der Waals surface area contributed by atoms with Crippen LogP contribution < -0.4 is 14.2 Å². The van der Waals surface area contributed by atoms with Crippen LogP contribution in [0.5, 0.6) is 17.2 Å². The van der Waals surface area contributed by atoms with Crippen LogP contribution in [0.15, 0.2) is 42.5 Å². The number of rotatable bonds is 4. The summed E-state index contributed by atoms with van der Waals surface area (Å²) < 4.78 is 15.1. The third-order valence-corrected chi connectivity index (χ3v) is 2.81. The number of carbonyl (C=O) groups is 1. The Morgan fingerprint density at radius 2 is 1.82 bits per heavy atom. The highest BCUT2D eigenvalue weighted by atomic mass is 16.7. The second-order valence-electron chi connectivity index (χ2n) is 4.34. The molecular weight excluding hydrogens is 290 g/mol. The Balaban J connectivity index is 2.07. The van der Waals surface area contributed by atoms with Gasteiger partial charge in [-0.3, -0.25) is 10.1 Å². The number of hydrogen-bond donors (Lipinski definition) is 0. The maximum Gasteiger partial charge on any atom is 0.519 e. The number of benzene rings is 2. The van der Waals surface area contributed by atoms with Crippen LogP contribution >= 0.6 is 0 Å². The van der Waals surface area contributed by atoms with Gasteiger partial charge < -0.3 is 14.2 Å². The van der Waals surface area contributed by atoms with Crippen LogP contribution in [0.1, 0.15) is 5.56 Å². The van der Waals surface area contributed by atoms with Crippen molar-refractivity contribution < 1.29 is 23.9 Å². The minimum absolute atomic E-state index is 0.0778. The Bertz CT molecular complexity index is 713. The van der Waals surface area contributed by atoms with E-state index in [-0.39, 0.29) is 17.2 Å². The number of nitro groups is 1. The molecule has 0 heterocycles. The smallest absolute Gasteiger partial charge is 0.497 e. The lowest BCUT2D eigenvalue weighted by Crippen LogP contribution is -2.14. The fourth-order valence-electron chi connectivity index (χ4n) is 1.73. The van der Waals surface area contributed by atoms with E-state index in [9.17, 15) is 14.9 Å². The van der Waals surface area contributed by atoms with E-state index in [0.29, 0.717) is 11.3 Å². The van der Waals surface area contributed by atoms with Gasteiger partial charge >= 0.3 is 6.16 Å². The topological polar surface area (TPSA) is 87.9 Å². The van der Waals surface area contributed by atoms with Crippen molar-refractivity contribution in [1.29, 1.82) is 0 Å². The van der Waals surface area contributed by atoms with E-state index in [4.69, 9.17) is 14.2 Å². The Hall–Kier alpha value is -3.09. The van der Waals surface area contributed by atoms with Gasteiger partial charge in [0.05, 0.1) is 12.0 Å². The number of non-ortho nitro benzene ring substituents is 1. The van der Waals surface area contributed by atoms with Gasteiger partial charge in [0.1, 0.15) is 17.2 Å². The second kappa shape index (κ2) is 6.57. The summed E-state index contributed by atoms with van der Waals surface area (Å²) in [5.74, 6) is 0.999. The molecule has 0 aliphatic carbocycles. The maximum atomic E-state index is 11.7. The van der Waals surface area contributed by atoms with Crippen LogP contribution in [0.4, 0.5) is 10.5 Å². The van der Waals surface area contributed by atoms with Crippen LogP contribution in [0.25, 0.3) is 0 Å². The molecule has 2 aromatic carbocycles. The molecule has 7 heteroatoms. The first-order valence-electron chi connectivity index (χ1n) is 6.28. The molecule has 0 amide bonds. The molecule has 0 unspecified atom stereocenters. The first-order valence-corrected chi connectivity index (χ1v) is 6.28. The standard InChI is InChI=1S/C15H13NO6/c1-10-8-11(16(18)19)6-7-14(10)22-15(17)21-13-5-3-4-12(9-13)20-2/h3-9H,1-2H3. The molecule has 0 saturated carbocycles. The Labute approximate surface area is 126 Å². The van der Waals surface area contributed by atoms with Gasteiger partial charge in [0.15, 0.2) is 0 Å². The molecule has 0 aromatic heterocycles. The van der Waals surface area contributed by atoms with Crippen molar-refractivity contribution in [3.63, 3.8) is 0 Å². The van der Waals surface area contributed by atoms with Crippen LogP contribution in [0, 0.1) is 17.0 Å². The first-order chi connectivity index (χ1) is 10.5. The van der Waals surface area contributed by atoms with Gasteiger partial charge in [-0.2, -0.15) is 0 Å². The zero-order valence-electron chi connectivity index (χ0n) is 11.9. The van der Waals surface area contributed by atoms with Gasteiger partial charge in [-0.15, -0.1) is 0 Å². The number of ether oxygens (including phenoxy) is 3. The van der Waals surface area contributed by atoms with Crippen molar-refractivity contribution in [3.8, 4) is 17.2 Å². The number of nitro benzene ring substituents is 1. The van der Waals surface area contributed by atoms with Crippen LogP contribution in [-0.4, -0.2) is 18.2 Å². The van der Waals surface area contributed by atoms with Crippen molar-refractivity contribution in [2.75, 3.05) is 7.11 Å². The summed E-state index contributed by atoms with van der Waals surface area (Å²) in [5.41, 5.74) is 0.378. The summed E-state index contributed by atoms with van der Waals surface area (Å²) in [6.07, 6.45) is -0.940. The molecule has 0 atom stereocenters. The zero-order chi connectivity index (χ0) is 16.1. The van der Waals surface area contributed by atoms with Crippen molar-refractivity contribution in [1.82, 2.24) is 0 Å². The van der Waals surface area contributed by atoms with Gasteiger partial charge in [0.25, 0.3) is 5.69 Å². The number of carbonyl (C=O) groups excluding carboxylic acids is 1. The average molecular weight is 303 g/mol. The van der Waals surface area contributed by atoms with E-state index in [1.54, 1.807) is 25.1 Å². The molecule has 0 radical (unpaired) electrons. The second-order valence-corrected chi connectivity index (χ2v) is 4.34. The fraction of sp³-hybridized carbons (Fsp3) is 0.133. The van der Waals surface area contributed by atoms with E-state index in [0.717, 1.165) is 0 Å². The van der Waals surface area contributed by atoms with Crippen molar-refractivity contribution in [2.45, 2.75) is 6.92 Å². The Morgan fingerprint density at radius 1 is 1.09 bits per heavy atom. The van der Waals surface area contributed by atoms with Crippen molar-refractivity contribution in [3.05, 3.63) is 58.1 Å². The average Bonchev–Trinajstić information content (AvgIpc) is 2.49. The van der Waals surface area contributed by atoms with Gasteiger partial charge in [0, 0.05) is 18.2 Å². The molecule has 0 bridgehead atoms. The molecule has 22 heavy (non-hydrogen) atoms. The van der Waals surface area contributed by atoms with Gasteiger partial charge in [0.2, 0.25) is 0 Å². The van der Waals surface area contributed by atoms with Crippen molar-refractivity contribution in [2.24, 2.45) is 0 Å². The highest BCUT2D eigenvalue weighted by Crippen LogP contribution is 2.24. The molecule has 0 spiro atoms. The normalized spacial score (nSPS) is 9.91. The maximum absolute atomic E-state index is 11.7. The highest BCUT2D eigenvalue weighted by molar-refractivity contribution is 5.68. The lowest BCUT2D eigenvalue weighted by molar-refractivity contribution is -0.384. The van der Waals surface area contributed by atoms with Gasteiger partial charge in [-0.05, 0) is 30.7 Å². The predicted molar refractivity (Wildman–Crippen MR) is 77.5 cm³/mol. The molecular formula is C15H13NO6. The molecule has 2 rings (SSSR count). The number of aryl methyl sites for hydroxylation is 1. The third-order valence-electron chi connectivity index (χ3n) is 2.81. The molecule has 114 valence electrons. The fourth-order valence-corrected chi connectivity index (χ4v) is 1.73. The molecule has 0 aliphatic rings.